The summed E-state index contributed by atoms with van der Waals surface area (Å²) in [6.07, 6.45) is 0. The first-order chi connectivity index (χ1) is 13.0. The maximum Gasteiger partial charge on any atom is 0.326 e. The molecule has 9 nitrogen and oxygen atoms in total. The summed E-state index contributed by atoms with van der Waals surface area (Å²) in [4.78, 5) is 24.0. The molecule has 2 N–H and O–H groups in total. The maximum absolute atomic E-state index is 13.0. The van der Waals surface area contributed by atoms with Crippen molar-refractivity contribution >= 4 is 21.9 Å². The number of ether oxygens (including phenoxy) is 2. The topological polar surface area (TPSA) is 122 Å². The molecule has 1 aliphatic rings. The Hall–Kier alpha value is -2.17. The van der Waals surface area contributed by atoms with E-state index in [0.29, 0.717) is 0 Å². The van der Waals surface area contributed by atoms with Crippen molar-refractivity contribution in [1.82, 2.24) is 9.62 Å². The summed E-state index contributed by atoms with van der Waals surface area (Å²) in [7, 11) is -2.56. The van der Waals surface area contributed by atoms with Gasteiger partial charge in [-0.25, -0.2) is 13.2 Å². The first-order valence-electron chi connectivity index (χ1n) is 8.78. The number of nitrogens with zero attached hydrogens (tertiary/aromatic N) is 1. The van der Waals surface area contributed by atoms with Crippen molar-refractivity contribution in [3.05, 3.63) is 23.8 Å². The van der Waals surface area contributed by atoms with Gasteiger partial charge in [0.2, 0.25) is 10.0 Å². The number of rotatable bonds is 6. The van der Waals surface area contributed by atoms with Crippen LogP contribution in [0.1, 0.15) is 31.1 Å². The maximum atomic E-state index is 13.0. The van der Waals surface area contributed by atoms with Gasteiger partial charge in [-0.3, -0.25) is 4.79 Å². The van der Waals surface area contributed by atoms with Gasteiger partial charge in [0, 0.05) is 18.7 Å². The van der Waals surface area contributed by atoms with Crippen molar-refractivity contribution in [2.24, 2.45) is 5.41 Å². The van der Waals surface area contributed by atoms with Crippen molar-refractivity contribution < 1.29 is 32.6 Å². The van der Waals surface area contributed by atoms with E-state index in [1.807, 2.05) is 0 Å². The standard InChI is InChI=1S/C18H26N2O7S/c1-18(2,3)15(17(22)23)19-16(21)12-5-6-13(26-4)14(11-12)28(24,25)20-7-9-27-10-8-20/h5-6,11,15H,7-10H2,1-4H3,(H,19,21)(H,22,23)/t15-/m0/s1. The average Bonchev–Trinajstić information content (AvgIpc) is 2.64. The molecule has 0 saturated carbocycles. The van der Waals surface area contributed by atoms with E-state index in [1.54, 1.807) is 20.8 Å². The number of benzene rings is 1. The van der Waals surface area contributed by atoms with Gasteiger partial charge in [0.15, 0.2) is 0 Å². The van der Waals surface area contributed by atoms with Crippen LogP contribution >= 0.6 is 0 Å². The molecular weight excluding hydrogens is 388 g/mol. The van der Waals surface area contributed by atoms with E-state index in [0.717, 1.165) is 0 Å². The molecule has 1 amide bonds. The average molecular weight is 414 g/mol. The smallest absolute Gasteiger partial charge is 0.326 e. The van der Waals surface area contributed by atoms with Crippen molar-refractivity contribution in [1.29, 1.82) is 0 Å². The second kappa shape index (κ2) is 8.46. The molecule has 1 atom stereocenters. The zero-order valence-electron chi connectivity index (χ0n) is 16.4. The zero-order valence-corrected chi connectivity index (χ0v) is 17.2. The van der Waals surface area contributed by atoms with Crippen molar-refractivity contribution in [3.63, 3.8) is 0 Å². The van der Waals surface area contributed by atoms with Crippen LogP contribution in [-0.2, 0) is 19.6 Å². The molecule has 0 aliphatic carbocycles. The van der Waals surface area contributed by atoms with E-state index in [9.17, 15) is 23.1 Å². The molecule has 28 heavy (non-hydrogen) atoms. The number of methoxy groups -OCH3 is 1. The number of hydrogen-bond acceptors (Lipinski definition) is 6. The highest BCUT2D eigenvalue weighted by atomic mass is 32.2. The molecule has 0 aromatic heterocycles. The Morgan fingerprint density at radius 2 is 1.86 bits per heavy atom. The van der Waals surface area contributed by atoms with Gasteiger partial charge in [-0.05, 0) is 23.6 Å². The van der Waals surface area contributed by atoms with E-state index < -0.39 is 33.4 Å². The summed E-state index contributed by atoms with van der Waals surface area (Å²) in [5.74, 6) is -1.74. The highest BCUT2D eigenvalue weighted by Crippen LogP contribution is 2.29. The summed E-state index contributed by atoms with van der Waals surface area (Å²) in [5, 5.41) is 11.9. The van der Waals surface area contributed by atoms with E-state index in [1.165, 1.54) is 29.6 Å². The SMILES string of the molecule is COc1ccc(C(=O)N[C@@H](C(=O)O)C(C)(C)C)cc1S(=O)(=O)N1CCOCC1. The molecule has 2 rings (SSSR count). The fourth-order valence-corrected chi connectivity index (χ4v) is 4.40. The Kier molecular flexibility index (Phi) is 6.68. The normalized spacial score (nSPS) is 17.0. The van der Waals surface area contributed by atoms with Crippen LogP contribution < -0.4 is 10.1 Å². The molecule has 1 aliphatic heterocycles. The first-order valence-corrected chi connectivity index (χ1v) is 10.2. The molecule has 1 saturated heterocycles. The number of morpholine rings is 1. The lowest BCUT2D eigenvalue weighted by atomic mass is 9.86. The predicted octanol–water partition coefficient (Wildman–Crippen LogP) is 0.945. The molecule has 156 valence electrons. The van der Waals surface area contributed by atoms with Crippen LogP contribution in [0, 0.1) is 5.41 Å². The molecule has 0 unspecified atom stereocenters. The number of hydrogen-bond donors (Lipinski definition) is 2. The third kappa shape index (κ3) is 4.81. The van der Waals surface area contributed by atoms with Gasteiger partial charge in [0.25, 0.3) is 5.91 Å². The van der Waals surface area contributed by atoms with Gasteiger partial charge in [-0.1, -0.05) is 20.8 Å². The highest BCUT2D eigenvalue weighted by Gasteiger charge is 2.34. The second-order valence-electron chi connectivity index (χ2n) is 7.49. The molecule has 0 radical (unpaired) electrons. The minimum Gasteiger partial charge on any atom is -0.495 e. The lowest BCUT2D eigenvalue weighted by Crippen LogP contribution is -2.49. The minimum atomic E-state index is -3.90. The lowest BCUT2D eigenvalue weighted by Gasteiger charge is -2.28. The Labute approximate surface area is 164 Å². The Morgan fingerprint density at radius 1 is 1.25 bits per heavy atom. The third-order valence-corrected chi connectivity index (χ3v) is 6.32. The number of sulfonamides is 1. The van der Waals surface area contributed by atoms with Gasteiger partial charge < -0.3 is 19.9 Å². The van der Waals surface area contributed by atoms with Crippen LogP contribution in [-0.4, -0.2) is 69.2 Å². The fraction of sp³-hybridized carbons (Fsp3) is 0.556. The van der Waals surface area contributed by atoms with Crippen molar-refractivity contribution in [2.45, 2.75) is 31.7 Å². The number of carbonyl (C=O) groups is 2. The zero-order chi connectivity index (χ0) is 21.1. The summed E-state index contributed by atoms with van der Waals surface area (Å²) < 4.78 is 37.6. The molecule has 0 spiro atoms. The summed E-state index contributed by atoms with van der Waals surface area (Å²) >= 11 is 0. The van der Waals surface area contributed by atoms with Gasteiger partial charge in [-0.2, -0.15) is 4.31 Å². The Morgan fingerprint density at radius 3 is 2.36 bits per heavy atom. The Balaban J connectivity index is 2.38. The quantitative estimate of drug-likeness (QED) is 0.710. The molecule has 1 heterocycles. The molecular formula is C18H26N2O7S. The van der Waals surface area contributed by atoms with Crippen LogP contribution in [0.4, 0.5) is 0 Å². The first kappa shape index (κ1) is 22.1. The number of carboxylic acids is 1. The monoisotopic (exact) mass is 414 g/mol. The van der Waals surface area contributed by atoms with Gasteiger partial charge in [0.05, 0.1) is 20.3 Å². The van der Waals surface area contributed by atoms with Gasteiger partial charge >= 0.3 is 5.97 Å². The molecule has 0 bridgehead atoms. The van der Waals surface area contributed by atoms with Crippen LogP contribution in [0.15, 0.2) is 23.1 Å². The van der Waals surface area contributed by atoms with E-state index in [4.69, 9.17) is 9.47 Å². The fourth-order valence-electron chi connectivity index (χ4n) is 2.81. The summed E-state index contributed by atoms with van der Waals surface area (Å²) in [6.45, 7) is 6.04. The number of nitrogens with one attached hydrogen (secondary N) is 1. The van der Waals surface area contributed by atoms with Crippen LogP contribution in [0.2, 0.25) is 0 Å². The van der Waals surface area contributed by atoms with E-state index >= 15 is 0 Å². The van der Waals surface area contributed by atoms with E-state index in [2.05, 4.69) is 5.32 Å². The highest BCUT2D eigenvalue weighted by molar-refractivity contribution is 7.89. The van der Waals surface area contributed by atoms with E-state index in [-0.39, 0.29) is 42.5 Å². The molecule has 1 aromatic rings. The van der Waals surface area contributed by atoms with Crippen molar-refractivity contribution in [3.8, 4) is 5.75 Å². The number of carbonyl (C=O) groups excluding carboxylic acids is 1. The number of aliphatic carboxylic acids is 1. The van der Waals surface area contributed by atoms with Crippen molar-refractivity contribution in [2.75, 3.05) is 33.4 Å². The van der Waals surface area contributed by atoms with Crippen LogP contribution in [0.5, 0.6) is 5.75 Å². The number of carboxylic acid groups (broad SMARTS) is 1. The summed E-state index contributed by atoms with van der Waals surface area (Å²) in [5.41, 5.74) is -0.695. The molecule has 10 heteroatoms. The predicted molar refractivity (Wildman–Crippen MR) is 101 cm³/mol. The second-order valence-corrected chi connectivity index (χ2v) is 9.40. The van der Waals surface area contributed by atoms with Gasteiger partial charge in [-0.15, -0.1) is 0 Å². The lowest BCUT2D eigenvalue weighted by molar-refractivity contribution is -0.142. The third-order valence-electron chi connectivity index (χ3n) is 4.40. The van der Waals surface area contributed by atoms with Crippen LogP contribution in [0.3, 0.4) is 0 Å². The largest absolute Gasteiger partial charge is 0.495 e. The summed E-state index contributed by atoms with van der Waals surface area (Å²) in [6, 6.07) is 2.85. The molecule has 1 aromatic carbocycles. The molecule has 1 fully saturated rings. The minimum absolute atomic E-state index is 0.0307. The Bertz CT molecular complexity index is 840. The van der Waals surface area contributed by atoms with Gasteiger partial charge in [0.1, 0.15) is 16.7 Å². The number of amides is 1. The van der Waals surface area contributed by atoms with Crippen LogP contribution in [0.25, 0.3) is 0 Å².